The van der Waals surface area contributed by atoms with Crippen molar-refractivity contribution < 1.29 is 13.9 Å². The van der Waals surface area contributed by atoms with Crippen molar-refractivity contribution in [3.63, 3.8) is 0 Å². The minimum absolute atomic E-state index is 0.159. The molecule has 1 aliphatic rings. The van der Waals surface area contributed by atoms with Crippen LogP contribution in [0.2, 0.25) is 18.1 Å². The fourth-order valence-electron chi connectivity index (χ4n) is 1.75. The maximum atomic E-state index is 10.8. The van der Waals surface area contributed by atoms with Crippen LogP contribution in [0.5, 0.6) is 0 Å². The lowest BCUT2D eigenvalue weighted by molar-refractivity contribution is 0.224. The Kier molecular flexibility index (Phi) is 4.81. The van der Waals surface area contributed by atoms with Crippen LogP contribution in [0.15, 0.2) is 11.6 Å². The minimum Gasteiger partial charge on any atom is -0.411 e. The summed E-state index contributed by atoms with van der Waals surface area (Å²) in [7, 11) is -4.09. The van der Waals surface area contributed by atoms with Gasteiger partial charge in [0.25, 0.3) is 0 Å². The number of hydrogen-bond donors (Lipinski definition) is 1. The average Bonchev–Trinajstić information content (AvgIpc) is 2.48. The molecule has 2 unspecified atom stereocenters. The quantitative estimate of drug-likeness (QED) is 0.485. The highest BCUT2D eigenvalue weighted by Crippen LogP contribution is 2.39. The lowest BCUT2D eigenvalue weighted by Gasteiger charge is -2.38. The van der Waals surface area contributed by atoms with Crippen LogP contribution >= 0.6 is 8.03 Å². The van der Waals surface area contributed by atoms with Crippen LogP contribution in [0.3, 0.4) is 0 Å². The zero-order chi connectivity index (χ0) is 13.3. The fraction of sp³-hybridized carbons (Fsp3) is 0.833. The molecule has 0 aromatic rings. The largest absolute Gasteiger partial charge is 0.411 e. The molecule has 0 fully saturated rings. The normalized spacial score (nSPS) is 23.6. The van der Waals surface area contributed by atoms with E-state index >= 15 is 0 Å². The van der Waals surface area contributed by atoms with Gasteiger partial charge in [0.05, 0.1) is 6.10 Å². The van der Waals surface area contributed by atoms with Crippen molar-refractivity contribution in [1.29, 1.82) is 0 Å². The molecule has 0 heterocycles. The van der Waals surface area contributed by atoms with Gasteiger partial charge in [0.15, 0.2) is 16.3 Å². The molecule has 100 valence electrons. The molecule has 1 N–H and O–H groups in total. The lowest BCUT2D eigenvalue weighted by Crippen LogP contribution is -2.43. The number of allylic oxidation sites excluding steroid dienone is 1. The van der Waals surface area contributed by atoms with Gasteiger partial charge in [-0.15, -0.1) is 0 Å². The second-order valence-electron chi connectivity index (χ2n) is 6.35. The molecular weight excluding hydrogens is 251 g/mol. The molecule has 0 saturated carbocycles. The van der Waals surface area contributed by atoms with Gasteiger partial charge in [0, 0.05) is 6.16 Å². The Morgan fingerprint density at radius 1 is 1.53 bits per heavy atom. The van der Waals surface area contributed by atoms with Gasteiger partial charge < -0.3 is 9.32 Å². The third-order valence-corrected chi connectivity index (χ3v) is 9.06. The van der Waals surface area contributed by atoms with Crippen molar-refractivity contribution in [2.75, 3.05) is 6.16 Å². The van der Waals surface area contributed by atoms with Crippen LogP contribution in [0, 0.1) is 0 Å². The summed E-state index contributed by atoms with van der Waals surface area (Å²) in [5.41, 5.74) is 1.10. The molecule has 0 radical (unpaired) electrons. The van der Waals surface area contributed by atoms with Gasteiger partial charge in [-0.2, -0.15) is 0 Å². The predicted molar refractivity (Wildman–Crippen MR) is 75.5 cm³/mol. The molecule has 0 aromatic heterocycles. The molecule has 0 bridgehead atoms. The molecule has 1 aliphatic carbocycles. The van der Waals surface area contributed by atoms with Crippen molar-refractivity contribution in [3.8, 4) is 0 Å². The van der Waals surface area contributed by atoms with Crippen LogP contribution < -0.4 is 0 Å². The summed E-state index contributed by atoms with van der Waals surface area (Å²) in [5, 5.41) is 0.216. The van der Waals surface area contributed by atoms with E-state index in [4.69, 9.17) is 9.32 Å². The predicted octanol–water partition coefficient (Wildman–Crippen LogP) is 3.56. The van der Waals surface area contributed by atoms with E-state index in [1.54, 1.807) is 0 Å². The smallest absolute Gasteiger partial charge is 0.193 e. The lowest BCUT2D eigenvalue weighted by atomic mass is 10.2. The average molecular weight is 276 g/mol. The third-order valence-electron chi connectivity index (χ3n) is 3.80. The molecule has 5 heteroatoms. The van der Waals surface area contributed by atoms with Gasteiger partial charge in [-0.3, -0.25) is 4.57 Å². The Balaban J connectivity index is 2.61. The Bertz CT molecular complexity index is 331. The van der Waals surface area contributed by atoms with Gasteiger partial charge in [-0.05, 0) is 31.0 Å². The van der Waals surface area contributed by atoms with E-state index in [9.17, 15) is 4.57 Å². The van der Waals surface area contributed by atoms with E-state index in [-0.39, 0.29) is 11.1 Å². The highest BCUT2D eigenvalue weighted by Gasteiger charge is 2.39. The highest BCUT2D eigenvalue weighted by molar-refractivity contribution is 7.38. The maximum absolute atomic E-state index is 10.8. The van der Waals surface area contributed by atoms with Gasteiger partial charge in [-0.1, -0.05) is 32.4 Å². The highest BCUT2D eigenvalue weighted by atomic mass is 31.1. The zero-order valence-corrected chi connectivity index (χ0v) is 13.5. The Morgan fingerprint density at radius 3 is 2.59 bits per heavy atom. The second-order valence-corrected chi connectivity index (χ2v) is 12.2. The molecule has 0 aromatic carbocycles. The summed E-state index contributed by atoms with van der Waals surface area (Å²) in [6.45, 7) is 11.2. The van der Waals surface area contributed by atoms with Gasteiger partial charge in [0.2, 0.25) is 0 Å². The van der Waals surface area contributed by atoms with Crippen molar-refractivity contribution in [2.45, 2.75) is 57.8 Å². The summed E-state index contributed by atoms with van der Waals surface area (Å²) in [6.07, 6.45) is 4.46. The molecule has 0 aliphatic heterocycles. The first kappa shape index (κ1) is 15.2. The fourth-order valence-corrected chi connectivity index (χ4v) is 3.73. The Morgan fingerprint density at radius 2 is 2.12 bits per heavy atom. The molecule has 0 spiro atoms. The summed E-state index contributed by atoms with van der Waals surface area (Å²) >= 11 is 0. The van der Waals surface area contributed by atoms with Crippen LogP contribution in [0.25, 0.3) is 0 Å². The van der Waals surface area contributed by atoms with E-state index in [1.807, 2.05) is 0 Å². The van der Waals surface area contributed by atoms with Crippen molar-refractivity contribution in [3.05, 3.63) is 11.6 Å². The summed E-state index contributed by atoms with van der Waals surface area (Å²) < 4.78 is 17.1. The molecule has 0 saturated heterocycles. The number of hydrogen-bond acceptors (Lipinski definition) is 2. The minimum atomic E-state index is -2.37. The molecule has 0 amide bonds. The van der Waals surface area contributed by atoms with Crippen LogP contribution in [-0.4, -0.2) is 25.5 Å². The molecular formula is C12H25O3PSi. The van der Waals surface area contributed by atoms with E-state index in [1.165, 1.54) is 0 Å². The first-order chi connectivity index (χ1) is 7.62. The SMILES string of the molecule is CC(C)(C)[Si](C)(C)OC1C=C(C[PH](=O)O)CC1. The van der Waals surface area contributed by atoms with Crippen LogP contribution in [0.4, 0.5) is 0 Å². The topological polar surface area (TPSA) is 46.5 Å². The van der Waals surface area contributed by atoms with E-state index in [0.29, 0.717) is 6.16 Å². The van der Waals surface area contributed by atoms with E-state index in [2.05, 4.69) is 39.9 Å². The Labute approximate surface area is 106 Å². The molecule has 2 atom stereocenters. The second kappa shape index (κ2) is 5.39. The Hall–Kier alpha value is 0.107. The monoisotopic (exact) mass is 276 g/mol. The molecule has 1 rings (SSSR count). The molecule has 17 heavy (non-hydrogen) atoms. The van der Waals surface area contributed by atoms with Gasteiger partial charge >= 0.3 is 0 Å². The van der Waals surface area contributed by atoms with Crippen LogP contribution in [-0.2, 0) is 8.99 Å². The van der Waals surface area contributed by atoms with Crippen molar-refractivity contribution in [2.24, 2.45) is 0 Å². The zero-order valence-electron chi connectivity index (χ0n) is 11.5. The standard InChI is InChI=1S/C12H25O3PSi/c1-12(2,3)17(4,5)15-11-7-6-10(8-11)9-16(13)14/h8,11,16H,6-7,9H2,1-5H3,(H,13,14). The van der Waals surface area contributed by atoms with Crippen molar-refractivity contribution >= 4 is 16.3 Å². The first-order valence-corrected chi connectivity index (χ1v) is 10.7. The number of rotatable bonds is 4. The van der Waals surface area contributed by atoms with Gasteiger partial charge in [0.1, 0.15) is 0 Å². The van der Waals surface area contributed by atoms with Gasteiger partial charge in [-0.25, -0.2) is 0 Å². The first-order valence-electron chi connectivity index (χ1n) is 6.21. The van der Waals surface area contributed by atoms with E-state index < -0.39 is 16.3 Å². The van der Waals surface area contributed by atoms with E-state index in [0.717, 1.165) is 18.4 Å². The van der Waals surface area contributed by atoms with Crippen LogP contribution in [0.1, 0.15) is 33.6 Å². The summed E-state index contributed by atoms with van der Waals surface area (Å²) in [6, 6.07) is 0. The summed E-state index contributed by atoms with van der Waals surface area (Å²) in [5.74, 6) is 0. The van der Waals surface area contributed by atoms with Crippen molar-refractivity contribution in [1.82, 2.24) is 0 Å². The maximum Gasteiger partial charge on any atom is 0.193 e. The molecule has 3 nitrogen and oxygen atoms in total. The summed E-state index contributed by atoms with van der Waals surface area (Å²) in [4.78, 5) is 8.93. The third kappa shape index (κ3) is 4.36.